The summed E-state index contributed by atoms with van der Waals surface area (Å²) in [6, 6.07) is 6.04. The van der Waals surface area contributed by atoms with Crippen LogP contribution in [-0.4, -0.2) is 18.3 Å². The van der Waals surface area contributed by atoms with Gasteiger partial charge in [0.1, 0.15) is 0 Å². The van der Waals surface area contributed by atoms with Crippen molar-refractivity contribution < 1.29 is 5.11 Å². The number of aryl methyl sites for hydroxylation is 1. The van der Waals surface area contributed by atoms with E-state index in [1.807, 2.05) is 19.1 Å². The van der Waals surface area contributed by atoms with Gasteiger partial charge in [-0.3, -0.25) is 0 Å². The average molecular weight is 234 g/mol. The Morgan fingerprint density at radius 1 is 1.35 bits per heavy atom. The normalized spacial score (nSPS) is 23.9. The second-order valence-corrected chi connectivity index (χ2v) is 5.09. The molecule has 0 saturated heterocycles. The maximum atomic E-state index is 9.27. The van der Waals surface area contributed by atoms with Gasteiger partial charge in [0.25, 0.3) is 0 Å². The predicted octanol–water partition coefficient (Wildman–Crippen LogP) is 2.40. The zero-order chi connectivity index (χ0) is 12.3. The Hall–Kier alpha value is -1.22. The molecule has 3 nitrogen and oxygen atoms in total. The van der Waals surface area contributed by atoms with E-state index in [0.29, 0.717) is 18.4 Å². The van der Waals surface area contributed by atoms with Crippen molar-refractivity contribution in [3.05, 3.63) is 23.8 Å². The third kappa shape index (κ3) is 2.91. The zero-order valence-electron chi connectivity index (χ0n) is 10.4. The Kier molecular flexibility index (Phi) is 3.89. The van der Waals surface area contributed by atoms with Gasteiger partial charge in [-0.25, -0.2) is 0 Å². The number of aliphatic hydroxyl groups excluding tert-OH is 1. The van der Waals surface area contributed by atoms with Crippen LogP contribution in [-0.2, 0) is 0 Å². The van der Waals surface area contributed by atoms with E-state index in [4.69, 9.17) is 5.73 Å². The fourth-order valence-electron chi connectivity index (χ4n) is 2.66. The molecule has 0 aliphatic heterocycles. The van der Waals surface area contributed by atoms with Crippen LogP contribution in [0.2, 0.25) is 0 Å². The number of nitrogen functional groups attached to an aromatic ring is 1. The summed E-state index contributed by atoms with van der Waals surface area (Å²) >= 11 is 0. The third-order valence-electron chi connectivity index (χ3n) is 3.89. The van der Waals surface area contributed by atoms with E-state index in [0.717, 1.165) is 23.5 Å². The van der Waals surface area contributed by atoms with Crippen LogP contribution in [0.4, 0.5) is 11.4 Å². The number of nitrogens with one attached hydrogen (secondary N) is 1. The molecule has 1 aromatic carbocycles. The molecule has 0 bridgehead atoms. The van der Waals surface area contributed by atoms with Crippen LogP contribution in [0.15, 0.2) is 18.2 Å². The first-order chi connectivity index (χ1) is 8.20. The fraction of sp³-hybridized carbons (Fsp3) is 0.571. The molecule has 0 heterocycles. The van der Waals surface area contributed by atoms with E-state index in [2.05, 4.69) is 11.4 Å². The van der Waals surface area contributed by atoms with Gasteiger partial charge in [0, 0.05) is 24.5 Å². The number of benzene rings is 1. The molecule has 0 aromatic heterocycles. The average Bonchev–Trinajstić information content (AvgIpc) is 2.78. The zero-order valence-corrected chi connectivity index (χ0v) is 10.4. The topological polar surface area (TPSA) is 58.3 Å². The molecule has 3 heteroatoms. The molecule has 1 fully saturated rings. The fourth-order valence-corrected chi connectivity index (χ4v) is 2.66. The molecule has 0 amide bonds. The number of aliphatic hydroxyl groups is 1. The van der Waals surface area contributed by atoms with E-state index in [9.17, 15) is 5.11 Å². The maximum Gasteiger partial charge on any atom is 0.0462 e. The second-order valence-electron chi connectivity index (χ2n) is 5.09. The summed E-state index contributed by atoms with van der Waals surface area (Å²) in [5.74, 6) is 1.09. The summed E-state index contributed by atoms with van der Waals surface area (Å²) in [6.45, 7) is 3.30. The second kappa shape index (κ2) is 5.41. The number of rotatable bonds is 4. The van der Waals surface area contributed by atoms with Crippen molar-refractivity contribution in [2.24, 2.45) is 11.8 Å². The Balaban J connectivity index is 1.91. The highest BCUT2D eigenvalue weighted by molar-refractivity contribution is 5.56. The summed E-state index contributed by atoms with van der Waals surface area (Å²) < 4.78 is 0. The van der Waals surface area contributed by atoms with Crippen molar-refractivity contribution in [2.45, 2.75) is 26.2 Å². The first-order valence-corrected chi connectivity index (χ1v) is 6.41. The Labute approximate surface area is 103 Å². The van der Waals surface area contributed by atoms with Gasteiger partial charge >= 0.3 is 0 Å². The summed E-state index contributed by atoms with van der Waals surface area (Å²) in [4.78, 5) is 0. The van der Waals surface area contributed by atoms with Crippen LogP contribution in [0.25, 0.3) is 0 Å². The standard InChI is InChI=1S/C14H22N2O/c1-10-7-13(5-6-14(10)15)16-8-11-3-2-4-12(11)9-17/h5-7,11-12,16-17H,2-4,8-9,15H2,1H3. The van der Waals surface area contributed by atoms with Crippen LogP contribution in [0.1, 0.15) is 24.8 Å². The highest BCUT2D eigenvalue weighted by atomic mass is 16.3. The van der Waals surface area contributed by atoms with Crippen LogP contribution in [0.3, 0.4) is 0 Å². The van der Waals surface area contributed by atoms with Crippen molar-refractivity contribution in [1.82, 2.24) is 0 Å². The van der Waals surface area contributed by atoms with Gasteiger partial charge in [0.05, 0.1) is 0 Å². The molecule has 1 saturated carbocycles. The smallest absolute Gasteiger partial charge is 0.0462 e. The Bertz CT molecular complexity index is 378. The molecule has 94 valence electrons. The summed E-state index contributed by atoms with van der Waals surface area (Å²) in [5.41, 5.74) is 8.86. The van der Waals surface area contributed by atoms with Gasteiger partial charge in [-0.2, -0.15) is 0 Å². The highest BCUT2D eigenvalue weighted by Crippen LogP contribution is 2.31. The molecule has 1 aliphatic rings. The lowest BCUT2D eigenvalue weighted by atomic mass is 9.97. The lowest BCUT2D eigenvalue weighted by Gasteiger charge is -2.18. The van der Waals surface area contributed by atoms with Gasteiger partial charge in [0.2, 0.25) is 0 Å². The molecule has 1 aliphatic carbocycles. The first kappa shape index (κ1) is 12.2. The Morgan fingerprint density at radius 2 is 2.12 bits per heavy atom. The van der Waals surface area contributed by atoms with Crippen LogP contribution >= 0.6 is 0 Å². The van der Waals surface area contributed by atoms with E-state index in [1.54, 1.807) is 0 Å². The van der Waals surface area contributed by atoms with Crippen LogP contribution < -0.4 is 11.1 Å². The summed E-state index contributed by atoms with van der Waals surface area (Å²) in [5, 5.41) is 12.7. The number of anilines is 2. The van der Waals surface area contributed by atoms with E-state index in [-0.39, 0.29) is 0 Å². The van der Waals surface area contributed by atoms with Gasteiger partial charge in [-0.1, -0.05) is 6.42 Å². The lowest BCUT2D eigenvalue weighted by Crippen LogP contribution is -2.20. The molecular formula is C14H22N2O. The molecule has 17 heavy (non-hydrogen) atoms. The monoisotopic (exact) mass is 234 g/mol. The SMILES string of the molecule is Cc1cc(NCC2CCCC2CO)ccc1N. The van der Waals surface area contributed by atoms with E-state index < -0.39 is 0 Å². The molecule has 4 N–H and O–H groups in total. The van der Waals surface area contributed by atoms with Gasteiger partial charge in [0.15, 0.2) is 0 Å². The number of hydrogen-bond donors (Lipinski definition) is 3. The first-order valence-electron chi connectivity index (χ1n) is 6.41. The summed E-state index contributed by atoms with van der Waals surface area (Å²) in [6.07, 6.45) is 3.65. The van der Waals surface area contributed by atoms with Crippen molar-refractivity contribution in [3.8, 4) is 0 Å². The predicted molar refractivity (Wildman–Crippen MR) is 72.0 cm³/mol. The minimum absolute atomic E-state index is 0.327. The highest BCUT2D eigenvalue weighted by Gasteiger charge is 2.26. The minimum Gasteiger partial charge on any atom is -0.399 e. The van der Waals surface area contributed by atoms with Crippen molar-refractivity contribution >= 4 is 11.4 Å². The quantitative estimate of drug-likeness (QED) is 0.701. The minimum atomic E-state index is 0.327. The van der Waals surface area contributed by atoms with Crippen LogP contribution in [0.5, 0.6) is 0 Å². The van der Waals surface area contributed by atoms with E-state index in [1.165, 1.54) is 19.3 Å². The maximum absolute atomic E-state index is 9.27. The van der Waals surface area contributed by atoms with Crippen molar-refractivity contribution in [3.63, 3.8) is 0 Å². The number of nitrogens with two attached hydrogens (primary N) is 1. The van der Waals surface area contributed by atoms with Crippen LogP contribution in [0, 0.1) is 18.8 Å². The largest absolute Gasteiger partial charge is 0.399 e. The van der Waals surface area contributed by atoms with Gasteiger partial charge in [-0.15, -0.1) is 0 Å². The molecule has 2 unspecified atom stereocenters. The molecule has 1 aromatic rings. The molecule has 2 atom stereocenters. The number of hydrogen-bond acceptors (Lipinski definition) is 3. The Morgan fingerprint density at radius 3 is 2.82 bits per heavy atom. The lowest BCUT2D eigenvalue weighted by molar-refractivity contribution is 0.199. The van der Waals surface area contributed by atoms with Gasteiger partial charge in [-0.05, 0) is 55.4 Å². The third-order valence-corrected chi connectivity index (χ3v) is 3.89. The van der Waals surface area contributed by atoms with Crippen molar-refractivity contribution in [2.75, 3.05) is 24.2 Å². The molecule has 2 rings (SSSR count). The van der Waals surface area contributed by atoms with E-state index >= 15 is 0 Å². The molecule has 0 spiro atoms. The van der Waals surface area contributed by atoms with Gasteiger partial charge < -0.3 is 16.2 Å². The van der Waals surface area contributed by atoms with Crippen molar-refractivity contribution in [1.29, 1.82) is 0 Å². The molecule has 0 radical (unpaired) electrons. The molecular weight excluding hydrogens is 212 g/mol. The summed E-state index contributed by atoms with van der Waals surface area (Å²) in [7, 11) is 0.